The monoisotopic (exact) mass is 284 g/mol. The van der Waals surface area contributed by atoms with Gasteiger partial charge in [-0.2, -0.15) is 0 Å². The summed E-state index contributed by atoms with van der Waals surface area (Å²) in [6.45, 7) is -0.271. The molecular formula is C12H10F2N2O2S. The van der Waals surface area contributed by atoms with E-state index < -0.39 is 21.7 Å². The van der Waals surface area contributed by atoms with Crippen LogP contribution in [0.15, 0.2) is 47.5 Å². The lowest BCUT2D eigenvalue weighted by Crippen LogP contribution is -2.24. The molecule has 2 aromatic rings. The number of rotatable bonds is 4. The van der Waals surface area contributed by atoms with Crippen LogP contribution in [0, 0.1) is 11.6 Å². The Morgan fingerprint density at radius 2 is 1.79 bits per heavy atom. The molecule has 7 heteroatoms. The molecule has 0 bridgehead atoms. The van der Waals surface area contributed by atoms with Crippen molar-refractivity contribution >= 4 is 10.0 Å². The Labute approximate surface area is 109 Å². The highest BCUT2D eigenvalue weighted by molar-refractivity contribution is 7.89. The molecule has 0 aliphatic carbocycles. The summed E-state index contributed by atoms with van der Waals surface area (Å²) in [6.07, 6.45) is 1.37. The predicted octanol–water partition coefficient (Wildman–Crippen LogP) is 1.84. The van der Waals surface area contributed by atoms with Gasteiger partial charge in [0, 0.05) is 6.20 Å². The zero-order valence-corrected chi connectivity index (χ0v) is 10.5. The Hall–Kier alpha value is -1.86. The smallest absolute Gasteiger partial charge is 0.240 e. The minimum atomic E-state index is -3.82. The zero-order chi connectivity index (χ0) is 13.9. The predicted molar refractivity (Wildman–Crippen MR) is 64.6 cm³/mol. The molecule has 0 radical (unpaired) electrons. The van der Waals surface area contributed by atoms with E-state index in [1.54, 1.807) is 0 Å². The second-order valence-electron chi connectivity index (χ2n) is 3.71. The number of aromatic nitrogens is 1. The van der Waals surface area contributed by atoms with Gasteiger partial charge in [-0.1, -0.05) is 0 Å². The molecule has 0 fully saturated rings. The van der Waals surface area contributed by atoms with Gasteiger partial charge in [0.1, 0.15) is 11.6 Å². The van der Waals surface area contributed by atoms with E-state index in [1.807, 2.05) is 0 Å². The average Bonchev–Trinajstić information content (AvgIpc) is 2.38. The molecule has 1 heterocycles. The number of hydrogen-bond donors (Lipinski definition) is 1. The van der Waals surface area contributed by atoms with Crippen molar-refractivity contribution in [1.82, 2.24) is 9.71 Å². The largest absolute Gasteiger partial charge is 0.257 e. The highest BCUT2D eigenvalue weighted by Crippen LogP contribution is 2.10. The average molecular weight is 284 g/mol. The summed E-state index contributed by atoms with van der Waals surface area (Å²) in [5.74, 6) is -1.13. The molecule has 4 nitrogen and oxygen atoms in total. The van der Waals surface area contributed by atoms with Gasteiger partial charge >= 0.3 is 0 Å². The van der Waals surface area contributed by atoms with Crippen LogP contribution in [0.1, 0.15) is 5.69 Å². The molecule has 1 aromatic carbocycles. The van der Waals surface area contributed by atoms with Crippen molar-refractivity contribution < 1.29 is 17.2 Å². The van der Waals surface area contributed by atoms with E-state index in [4.69, 9.17) is 0 Å². The number of nitrogens with zero attached hydrogens (tertiary/aromatic N) is 1. The second-order valence-corrected chi connectivity index (χ2v) is 5.48. The molecular weight excluding hydrogens is 274 g/mol. The standard InChI is InChI=1S/C12H10F2N2O2S/c13-9-3-5-10(6-4-9)19(17,18)16-8-12-11(14)2-1-7-15-12/h1-7,16H,8H2. The van der Waals surface area contributed by atoms with E-state index in [-0.39, 0.29) is 17.1 Å². The van der Waals surface area contributed by atoms with Gasteiger partial charge in [-0.05, 0) is 36.4 Å². The molecule has 0 aliphatic rings. The third-order valence-corrected chi connectivity index (χ3v) is 3.81. The maximum atomic E-state index is 13.3. The maximum absolute atomic E-state index is 13.3. The molecule has 1 N–H and O–H groups in total. The first-order valence-corrected chi connectivity index (χ1v) is 6.82. The first kappa shape index (κ1) is 13.6. The molecule has 19 heavy (non-hydrogen) atoms. The molecule has 0 aliphatic heterocycles. The van der Waals surface area contributed by atoms with Crippen molar-refractivity contribution in [2.24, 2.45) is 0 Å². The van der Waals surface area contributed by atoms with Crippen LogP contribution < -0.4 is 4.72 Å². The highest BCUT2D eigenvalue weighted by Gasteiger charge is 2.14. The molecule has 100 valence electrons. The van der Waals surface area contributed by atoms with Gasteiger partial charge in [-0.25, -0.2) is 21.9 Å². The van der Waals surface area contributed by atoms with Crippen molar-refractivity contribution in [3.8, 4) is 0 Å². The van der Waals surface area contributed by atoms with Crippen molar-refractivity contribution in [2.75, 3.05) is 0 Å². The lowest BCUT2D eigenvalue weighted by molar-refractivity contribution is 0.569. The van der Waals surface area contributed by atoms with Gasteiger partial charge in [0.15, 0.2) is 0 Å². The molecule has 0 unspecified atom stereocenters. The summed E-state index contributed by atoms with van der Waals surface area (Å²) in [5.41, 5.74) is -0.00631. The fraction of sp³-hybridized carbons (Fsp3) is 0.0833. The maximum Gasteiger partial charge on any atom is 0.240 e. The Morgan fingerprint density at radius 3 is 2.42 bits per heavy atom. The van der Waals surface area contributed by atoms with Crippen molar-refractivity contribution in [3.63, 3.8) is 0 Å². The van der Waals surface area contributed by atoms with Crippen LogP contribution in [0.2, 0.25) is 0 Å². The second kappa shape index (κ2) is 5.41. The van der Waals surface area contributed by atoms with E-state index in [1.165, 1.54) is 18.3 Å². The Bertz CT molecular complexity index is 672. The van der Waals surface area contributed by atoms with Gasteiger partial charge in [0.05, 0.1) is 17.1 Å². The van der Waals surface area contributed by atoms with E-state index in [0.717, 1.165) is 24.3 Å². The number of halogens is 2. The first-order valence-electron chi connectivity index (χ1n) is 5.34. The summed E-state index contributed by atoms with van der Waals surface area (Å²) in [4.78, 5) is 3.63. The highest BCUT2D eigenvalue weighted by atomic mass is 32.2. The van der Waals surface area contributed by atoms with Crippen molar-refractivity contribution in [1.29, 1.82) is 0 Å². The fourth-order valence-corrected chi connectivity index (χ4v) is 2.40. The molecule has 0 saturated heterocycles. The van der Waals surface area contributed by atoms with Gasteiger partial charge in [-0.3, -0.25) is 4.98 Å². The lowest BCUT2D eigenvalue weighted by Gasteiger charge is -2.06. The summed E-state index contributed by atoms with van der Waals surface area (Å²) in [7, 11) is -3.82. The summed E-state index contributed by atoms with van der Waals surface area (Å²) in [6, 6.07) is 6.94. The third-order valence-electron chi connectivity index (χ3n) is 2.39. The molecule has 0 atom stereocenters. The third kappa shape index (κ3) is 3.33. The number of pyridine rings is 1. The number of benzene rings is 1. The van der Waals surface area contributed by atoms with Crippen LogP contribution in [0.3, 0.4) is 0 Å². The summed E-state index contributed by atoms with van der Waals surface area (Å²) >= 11 is 0. The van der Waals surface area contributed by atoms with E-state index >= 15 is 0 Å². The Balaban J connectivity index is 2.14. The van der Waals surface area contributed by atoms with Gasteiger partial charge < -0.3 is 0 Å². The van der Waals surface area contributed by atoms with Crippen molar-refractivity contribution in [3.05, 3.63) is 59.9 Å². The van der Waals surface area contributed by atoms with Gasteiger partial charge in [-0.15, -0.1) is 0 Å². The number of nitrogens with one attached hydrogen (secondary N) is 1. The quantitative estimate of drug-likeness (QED) is 0.932. The van der Waals surface area contributed by atoms with Crippen LogP contribution in [0.5, 0.6) is 0 Å². The summed E-state index contributed by atoms with van der Waals surface area (Å²) < 4.78 is 51.9. The topological polar surface area (TPSA) is 59.1 Å². The first-order chi connectivity index (χ1) is 8.99. The van der Waals surface area contributed by atoms with Gasteiger partial charge in [0.25, 0.3) is 0 Å². The zero-order valence-electron chi connectivity index (χ0n) is 9.68. The SMILES string of the molecule is O=S(=O)(NCc1ncccc1F)c1ccc(F)cc1. The number of sulfonamides is 1. The minimum absolute atomic E-state index is 0.00631. The molecule has 0 spiro atoms. The normalized spacial score (nSPS) is 11.5. The fourth-order valence-electron chi connectivity index (χ4n) is 1.41. The lowest BCUT2D eigenvalue weighted by atomic mass is 10.3. The van der Waals surface area contributed by atoms with E-state index in [2.05, 4.69) is 9.71 Å². The van der Waals surface area contributed by atoms with E-state index in [0.29, 0.717) is 0 Å². The van der Waals surface area contributed by atoms with Crippen LogP contribution in [-0.4, -0.2) is 13.4 Å². The minimum Gasteiger partial charge on any atom is -0.257 e. The van der Waals surface area contributed by atoms with Crippen LogP contribution in [-0.2, 0) is 16.6 Å². The van der Waals surface area contributed by atoms with Crippen LogP contribution in [0.25, 0.3) is 0 Å². The molecule has 0 amide bonds. The van der Waals surface area contributed by atoms with E-state index in [9.17, 15) is 17.2 Å². The van der Waals surface area contributed by atoms with Crippen molar-refractivity contribution in [2.45, 2.75) is 11.4 Å². The Kier molecular flexibility index (Phi) is 3.87. The number of hydrogen-bond acceptors (Lipinski definition) is 3. The molecule has 1 aromatic heterocycles. The summed E-state index contributed by atoms with van der Waals surface area (Å²) in [5, 5.41) is 0. The Morgan fingerprint density at radius 1 is 1.11 bits per heavy atom. The molecule has 2 rings (SSSR count). The molecule has 0 saturated carbocycles. The van der Waals surface area contributed by atoms with Crippen LogP contribution in [0.4, 0.5) is 8.78 Å². The van der Waals surface area contributed by atoms with Crippen LogP contribution >= 0.6 is 0 Å². The van der Waals surface area contributed by atoms with Gasteiger partial charge in [0.2, 0.25) is 10.0 Å².